The lowest BCUT2D eigenvalue weighted by atomic mass is 10.1. The number of carboxylic acid groups (broad SMARTS) is 1. The molecule has 0 spiro atoms. The third-order valence-corrected chi connectivity index (χ3v) is 3.16. The van der Waals surface area contributed by atoms with Gasteiger partial charge in [0.15, 0.2) is 0 Å². The summed E-state index contributed by atoms with van der Waals surface area (Å²) in [6, 6.07) is -1.08. The molecule has 0 saturated carbocycles. The van der Waals surface area contributed by atoms with Gasteiger partial charge in [-0.25, -0.2) is 4.79 Å². The van der Waals surface area contributed by atoms with E-state index in [4.69, 9.17) is 5.11 Å². The fraction of sp³-hybridized carbons (Fsp3) is 0.615. The van der Waals surface area contributed by atoms with Crippen molar-refractivity contribution in [3.8, 4) is 0 Å². The Labute approximate surface area is 127 Å². The van der Waals surface area contributed by atoms with E-state index in [1.807, 2.05) is 13.8 Å². The summed E-state index contributed by atoms with van der Waals surface area (Å²) in [6.45, 7) is 3.74. The summed E-state index contributed by atoms with van der Waals surface area (Å²) in [4.78, 5) is 33.7. The zero-order valence-corrected chi connectivity index (χ0v) is 12.6. The van der Waals surface area contributed by atoms with E-state index in [0.29, 0.717) is 19.3 Å². The predicted octanol–water partition coefficient (Wildman–Crippen LogP) is 1.64. The maximum atomic E-state index is 12.1. The molecule has 0 aromatic carbocycles. The highest BCUT2D eigenvalue weighted by molar-refractivity contribution is 5.98. The molecule has 0 unspecified atom stereocenters. The van der Waals surface area contributed by atoms with Crippen LogP contribution < -0.4 is 5.32 Å². The van der Waals surface area contributed by atoms with E-state index in [0.717, 1.165) is 6.42 Å². The average Bonchev–Trinajstić information content (AvgIpc) is 2.87. The monoisotopic (exact) mass is 312 g/mol. The number of nitrogens with one attached hydrogen (secondary N) is 2. The van der Waals surface area contributed by atoms with Gasteiger partial charge in [0, 0.05) is 0 Å². The van der Waals surface area contributed by atoms with Crippen LogP contribution in [0.5, 0.6) is 0 Å². The van der Waals surface area contributed by atoms with Crippen LogP contribution in [0.4, 0.5) is 5.69 Å². The van der Waals surface area contributed by atoms with Gasteiger partial charge in [-0.05, 0) is 12.8 Å². The van der Waals surface area contributed by atoms with E-state index in [1.165, 1.54) is 0 Å². The highest BCUT2D eigenvalue weighted by atomic mass is 16.6. The Morgan fingerprint density at radius 3 is 2.59 bits per heavy atom. The lowest BCUT2D eigenvalue weighted by Gasteiger charge is -2.12. The molecule has 0 radical (unpaired) electrons. The minimum atomic E-state index is -1.17. The molecule has 122 valence electrons. The molecule has 1 heterocycles. The van der Waals surface area contributed by atoms with Crippen LogP contribution in [0.3, 0.4) is 0 Å². The molecule has 1 amide bonds. The molecule has 0 saturated heterocycles. The van der Waals surface area contributed by atoms with Crippen LogP contribution in [-0.2, 0) is 11.2 Å². The zero-order valence-electron chi connectivity index (χ0n) is 12.6. The van der Waals surface area contributed by atoms with Crippen LogP contribution in [0, 0.1) is 10.1 Å². The highest BCUT2D eigenvalue weighted by Crippen LogP contribution is 2.22. The zero-order chi connectivity index (χ0) is 16.7. The molecule has 0 bridgehead atoms. The standard InChI is InChI=1S/C13H20N4O5/c1-3-5-7-9(13(19)20)14-12(18)10-11(17(21)22)8(6-4-2)15-16-10/h9H,3-7H2,1-2H3,(H,14,18)(H,15,16)(H,19,20)/t9-/m0/s1. The number of aliphatic carboxylic acids is 1. The first-order valence-electron chi connectivity index (χ1n) is 7.17. The smallest absolute Gasteiger partial charge is 0.326 e. The normalized spacial score (nSPS) is 11.9. The number of aryl methyl sites for hydroxylation is 1. The van der Waals surface area contributed by atoms with Gasteiger partial charge in [-0.15, -0.1) is 0 Å². The molecule has 3 N–H and O–H groups in total. The number of carboxylic acids is 1. The second kappa shape index (κ2) is 8.11. The molecule has 1 aromatic heterocycles. The summed E-state index contributed by atoms with van der Waals surface area (Å²) < 4.78 is 0. The van der Waals surface area contributed by atoms with Gasteiger partial charge >= 0.3 is 11.7 Å². The molecule has 0 fully saturated rings. The average molecular weight is 312 g/mol. The van der Waals surface area contributed by atoms with Crippen molar-refractivity contribution in [1.29, 1.82) is 0 Å². The molecule has 0 aliphatic heterocycles. The number of carbonyl (C=O) groups excluding carboxylic acids is 1. The molecule has 1 aromatic rings. The van der Waals surface area contributed by atoms with Crippen molar-refractivity contribution in [3.05, 3.63) is 21.5 Å². The lowest BCUT2D eigenvalue weighted by Crippen LogP contribution is -2.41. The minimum absolute atomic E-state index is 0.262. The third-order valence-electron chi connectivity index (χ3n) is 3.16. The van der Waals surface area contributed by atoms with E-state index in [1.54, 1.807) is 0 Å². The molecule has 9 heteroatoms. The van der Waals surface area contributed by atoms with Crippen LogP contribution >= 0.6 is 0 Å². The molecule has 22 heavy (non-hydrogen) atoms. The van der Waals surface area contributed by atoms with Crippen molar-refractivity contribution >= 4 is 17.6 Å². The van der Waals surface area contributed by atoms with E-state index in [2.05, 4.69) is 15.5 Å². The summed E-state index contributed by atoms with van der Waals surface area (Å²) in [7, 11) is 0. The van der Waals surface area contributed by atoms with Gasteiger partial charge in [-0.1, -0.05) is 33.1 Å². The van der Waals surface area contributed by atoms with Gasteiger partial charge in [-0.3, -0.25) is 20.0 Å². The molecule has 1 rings (SSSR count). The number of unbranched alkanes of at least 4 members (excludes halogenated alkanes) is 1. The van der Waals surface area contributed by atoms with Gasteiger partial charge in [0.2, 0.25) is 5.69 Å². The van der Waals surface area contributed by atoms with E-state index in [9.17, 15) is 19.7 Å². The first-order valence-corrected chi connectivity index (χ1v) is 7.17. The number of aromatic nitrogens is 2. The Balaban J connectivity index is 2.97. The summed E-state index contributed by atoms with van der Waals surface area (Å²) in [5.74, 6) is -2.03. The number of amides is 1. The van der Waals surface area contributed by atoms with Crippen molar-refractivity contribution < 1.29 is 19.6 Å². The van der Waals surface area contributed by atoms with Gasteiger partial charge in [-0.2, -0.15) is 5.10 Å². The number of H-pyrrole nitrogens is 1. The van der Waals surface area contributed by atoms with Crippen LogP contribution in [0.15, 0.2) is 0 Å². The summed E-state index contributed by atoms with van der Waals surface area (Å²) in [5.41, 5.74) is -0.506. The van der Waals surface area contributed by atoms with Gasteiger partial charge in [0.25, 0.3) is 5.91 Å². The predicted molar refractivity (Wildman–Crippen MR) is 77.7 cm³/mol. The quantitative estimate of drug-likeness (QED) is 0.468. The number of rotatable bonds is 9. The number of nitro groups is 1. The summed E-state index contributed by atoms with van der Waals surface area (Å²) in [5, 5.41) is 28.7. The maximum absolute atomic E-state index is 12.1. The fourth-order valence-corrected chi connectivity index (χ4v) is 2.04. The molecule has 0 aliphatic rings. The van der Waals surface area contributed by atoms with Crippen molar-refractivity contribution in [2.75, 3.05) is 0 Å². The van der Waals surface area contributed by atoms with E-state index in [-0.39, 0.29) is 23.5 Å². The molecular formula is C13H20N4O5. The van der Waals surface area contributed by atoms with Crippen molar-refractivity contribution in [2.24, 2.45) is 0 Å². The van der Waals surface area contributed by atoms with Gasteiger partial charge < -0.3 is 10.4 Å². The number of aromatic amines is 1. The number of nitrogens with zero attached hydrogens (tertiary/aromatic N) is 2. The first kappa shape index (κ1) is 17.6. The number of hydrogen-bond acceptors (Lipinski definition) is 5. The van der Waals surface area contributed by atoms with Crippen LogP contribution in [0.2, 0.25) is 0 Å². The number of carbonyl (C=O) groups is 2. The molecule has 1 atom stereocenters. The fourth-order valence-electron chi connectivity index (χ4n) is 2.04. The maximum Gasteiger partial charge on any atom is 0.326 e. The largest absolute Gasteiger partial charge is 0.480 e. The van der Waals surface area contributed by atoms with Crippen LogP contribution in [0.25, 0.3) is 0 Å². The SMILES string of the molecule is CCCC[C@H](NC(=O)c1n[nH]c(CCC)c1[N+](=O)[O-])C(=O)O. The second-order valence-electron chi connectivity index (χ2n) is 4.91. The number of hydrogen-bond donors (Lipinski definition) is 3. The molecular weight excluding hydrogens is 292 g/mol. The van der Waals surface area contributed by atoms with Gasteiger partial charge in [0.1, 0.15) is 11.7 Å². The van der Waals surface area contributed by atoms with Crippen LogP contribution in [0.1, 0.15) is 55.7 Å². The second-order valence-corrected chi connectivity index (χ2v) is 4.91. The van der Waals surface area contributed by atoms with Gasteiger partial charge in [0.05, 0.1) is 4.92 Å². The van der Waals surface area contributed by atoms with E-state index < -0.39 is 22.8 Å². The minimum Gasteiger partial charge on any atom is -0.480 e. The first-order chi connectivity index (χ1) is 10.4. The van der Waals surface area contributed by atoms with Crippen molar-refractivity contribution in [3.63, 3.8) is 0 Å². The van der Waals surface area contributed by atoms with Crippen molar-refractivity contribution in [2.45, 2.75) is 52.0 Å². The van der Waals surface area contributed by atoms with E-state index >= 15 is 0 Å². The van der Waals surface area contributed by atoms with Crippen LogP contribution in [-0.4, -0.2) is 38.1 Å². The Hall–Kier alpha value is -2.45. The molecule has 9 nitrogen and oxygen atoms in total. The van der Waals surface area contributed by atoms with Crippen molar-refractivity contribution in [1.82, 2.24) is 15.5 Å². The lowest BCUT2D eigenvalue weighted by molar-refractivity contribution is -0.385. The topological polar surface area (TPSA) is 138 Å². The Morgan fingerprint density at radius 2 is 2.09 bits per heavy atom. The Morgan fingerprint density at radius 1 is 1.41 bits per heavy atom. The summed E-state index contributed by atoms with van der Waals surface area (Å²) in [6.07, 6.45) is 2.70. The Kier molecular flexibility index (Phi) is 6.48. The third kappa shape index (κ3) is 4.27. The highest BCUT2D eigenvalue weighted by Gasteiger charge is 2.31. The molecule has 0 aliphatic carbocycles. The Bertz CT molecular complexity index is 555. The summed E-state index contributed by atoms with van der Waals surface area (Å²) >= 11 is 0.